The van der Waals surface area contributed by atoms with E-state index in [1.54, 1.807) is 0 Å². The van der Waals surface area contributed by atoms with Crippen molar-refractivity contribution in [3.63, 3.8) is 0 Å². The molecule has 2 amide bonds. The Morgan fingerprint density at radius 2 is 1.84 bits per heavy atom. The molecule has 1 rings (SSSR count). The molecular formula is C17H30F2N3O10+. The van der Waals surface area contributed by atoms with E-state index < -0.39 is 72.6 Å². The summed E-state index contributed by atoms with van der Waals surface area (Å²) in [6.45, 7) is -0.0676. The van der Waals surface area contributed by atoms with Gasteiger partial charge in [0.15, 0.2) is 6.04 Å². The molecule has 0 bridgehead atoms. The number of aliphatic hydroxyl groups is 5. The molecular weight excluding hydrogens is 444 g/mol. The van der Waals surface area contributed by atoms with Crippen LogP contribution in [0.15, 0.2) is 0 Å². The molecule has 0 radical (unpaired) electrons. The number of hydrogen-bond donors (Lipinski definition) is 9. The molecule has 1 aliphatic rings. The number of quaternary nitrogens is 1. The number of halogens is 2. The summed E-state index contributed by atoms with van der Waals surface area (Å²) in [4.78, 5) is 34.4. The van der Waals surface area contributed by atoms with Crippen LogP contribution in [0.3, 0.4) is 0 Å². The van der Waals surface area contributed by atoms with Gasteiger partial charge in [0, 0.05) is 13.0 Å². The number of aliphatic carboxylic acids is 1. The lowest BCUT2D eigenvalue weighted by Crippen LogP contribution is -2.68. The van der Waals surface area contributed by atoms with Crippen LogP contribution >= 0.6 is 0 Å². The first-order valence-corrected chi connectivity index (χ1v) is 9.78. The zero-order valence-corrected chi connectivity index (χ0v) is 17.3. The van der Waals surface area contributed by atoms with E-state index in [2.05, 4.69) is 15.8 Å². The third-order valence-electron chi connectivity index (χ3n) is 5.04. The molecule has 0 aliphatic carbocycles. The fourth-order valence-corrected chi connectivity index (χ4v) is 2.94. The molecule has 0 spiro atoms. The lowest BCUT2D eigenvalue weighted by atomic mass is 9.97. The third kappa shape index (κ3) is 6.06. The van der Waals surface area contributed by atoms with Crippen molar-refractivity contribution in [2.24, 2.45) is 0 Å². The van der Waals surface area contributed by atoms with Gasteiger partial charge in [0.1, 0.15) is 30.5 Å². The Morgan fingerprint density at radius 1 is 1.25 bits per heavy atom. The van der Waals surface area contributed by atoms with Crippen molar-refractivity contribution < 1.29 is 64.3 Å². The van der Waals surface area contributed by atoms with E-state index in [-0.39, 0.29) is 25.8 Å². The zero-order chi connectivity index (χ0) is 24.9. The zero-order valence-electron chi connectivity index (χ0n) is 17.3. The van der Waals surface area contributed by atoms with Gasteiger partial charge in [-0.3, -0.25) is 14.4 Å². The summed E-state index contributed by atoms with van der Waals surface area (Å²) in [6, 6.07) is -1.92. The minimum atomic E-state index is -4.74. The molecule has 13 nitrogen and oxygen atoms in total. The van der Waals surface area contributed by atoms with Crippen molar-refractivity contribution in [1.29, 1.82) is 0 Å². The summed E-state index contributed by atoms with van der Waals surface area (Å²) in [5.74, 6) is -12.4. The minimum Gasteiger partial charge on any atom is -0.480 e. The molecule has 2 unspecified atom stereocenters. The number of nitrogens with one attached hydrogen (secondary N) is 2. The second-order valence-corrected chi connectivity index (χ2v) is 7.56. The molecule has 15 heteroatoms. The third-order valence-corrected chi connectivity index (χ3v) is 5.04. The van der Waals surface area contributed by atoms with Crippen LogP contribution in [0.1, 0.15) is 26.2 Å². The highest BCUT2D eigenvalue weighted by Crippen LogP contribution is 2.42. The first-order chi connectivity index (χ1) is 14.7. The summed E-state index contributed by atoms with van der Waals surface area (Å²) < 4.78 is 33.5. The Balaban J connectivity index is 2.55. The van der Waals surface area contributed by atoms with Gasteiger partial charge in [-0.15, -0.1) is 0 Å². The van der Waals surface area contributed by atoms with Crippen molar-refractivity contribution in [3.05, 3.63) is 0 Å². The van der Waals surface area contributed by atoms with E-state index in [4.69, 9.17) is 10.2 Å². The predicted molar refractivity (Wildman–Crippen MR) is 98.7 cm³/mol. The number of unbranched alkanes of at least 4 members (excludes halogenated alkanes) is 1. The van der Waals surface area contributed by atoms with Gasteiger partial charge < -0.3 is 51.7 Å². The van der Waals surface area contributed by atoms with Gasteiger partial charge in [0.25, 0.3) is 17.6 Å². The molecule has 7 atom stereocenters. The summed E-state index contributed by atoms with van der Waals surface area (Å²) in [6.07, 6.45) is -8.20. The molecule has 1 fully saturated rings. The molecule has 32 heavy (non-hydrogen) atoms. The Kier molecular flexibility index (Phi) is 9.83. The van der Waals surface area contributed by atoms with Crippen LogP contribution in [0.2, 0.25) is 0 Å². The number of carbonyl (C=O) groups is 3. The Morgan fingerprint density at radius 3 is 2.38 bits per heavy atom. The number of carboxylic acid groups (broad SMARTS) is 1. The van der Waals surface area contributed by atoms with Crippen LogP contribution in [-0.4, -0.2) is 110 Å². The first kappa shape index (κ1) is 28.0. The standard InChI is InChI=1S/C17H29F2N3O10/c1-7(14(28)29)22-13(27)8(20)4-2-3-5-21-15(30)16(18,19)17(31)12(26)10(25)11(32-17)9(24)6-23/h7-12,23-26,31H,2-6,20H2,1H3,(H,21,30)(H,22,27)(H,28,29)/p+1/t7-,8-,9+,10?,11+,12?,17+/m0/s1. The highest BCUT2D eigenvalue weighted by molar-refractivity contribution is 5.85. The smallest absolute Gasteiger partial charge is 0.379 e. The average Bonchev–Trinajstić information content (AvgIpc) is 2.97. The van der Waals surface area contributed by atoms with E-state index in [0.717, 1.165) is 0 Å². The van der Waals surface area contributed by atoms with Gasteiger partial charge in [-0.05, 0) is 19.8 Å². The van der Waals surface area contributed by atoms with Crippen LogP contribution in [0.25, 0.3) is 0 Å². The Labute approximate surface area is 181 Å². The van der Waals surface area contributed by atoms with Gasteiger partial charge in [0.05, 0.1) is 6.61 Å². The highest BCUT2D eigenvalue weighted by Gasteiger charge is 2.71. The molecule has 0 saturated carbocycles. The molecule has 1 heterocycles. The second-order valence-electron chi connectivity index (χ2n) is 7.56. The van der Waals surface area contributed by atoms with Gasteiger partial charge in [-0.2, -0.15) is 8.78 Å². The number of carbonyl (C=O) groups excluding carboxylic acids is 2. The first-order valence-electron chi connectivity index (χ1n) is 9.78. The summed E-state index contributed by atoms with van der Waals surface area (Å²) >= 11 is 0. The van der Waals surface area contributed by atoms with Gasteiger partial charge in [-0.1, -0.05) is 0 Å². The van der Waals surface area contributed by atoms with Crippen molar-refractivity contribution >= 4 is 17.8 Å². The maximum atomic E-state index is 14.5. The Bertz CT molecular complexity index is 685. The maximum Gasteiger partial charge on any atom is 0.379 e. The van der Waals surface area contributed by atoms with E-state index in [1.165, 1.54) is 6.92 Å². The van der Waals surface area contributed by atoms with Gasteiger partial charge in [-0.25, -0.2) is 0 Å². The number of alkyl halides is 2. The number of amides is 2. The molecule has 1 saturated heterocycles. The normalized spacial score (nSPS) is 28.6. The molecule has 1 aliphatic heterocycles. The van der Waals surface area contributed by atoms with E-state index in [1.807, 2.05) is 5.32 Å². The maximum absolute atomic E-state index is 14.5. The van der Waals surface area contributed by atoms with Crippen LogP contribution in [0.5, 0.6) is 0 Å². The topological polar surface area (TPSA) is 234 Å². The van der Waals surface area contributed by atoms with E-state index >= 15 is 0 Å². The number of ether oxygens (including phenoxy) is 1. The monoisotopic (exact) mass is 474 g/mol. The number of carboxylic acids is 1. The van der Waals surface area contributed by atoms with Gasteiger partial charge >= 0.3 is 11.9 Å². The van der Waals surface area contributed by atoms with E-state index in [0.29, 0.717) is 0 Å². The molecule has 0 aromatic rings. The average molecular weight is 474 g/mol. The summed E-state index contributed by atoms with van der Waals surface area (Å²) in [7, 11) is 0. The Hall–Kier alpha value is -2.01. The highest BCUT2D eigenvalue weighted by atomic mass is 19.3. The second kappa shape index (κ2) is 11.2. The number of aliphatic hydroxyl groups excluding tert-OH is 4. The minimum absolute atomic E-state index is 0.117. The molecule has 11 N–H and O–H groups in total. The number of rotatable bonds is 12. The van der Waals surface area contributed by atoms with Gasteiger partial charge in [0.2, 0.25) is 0 Å². The fourth-order valence-electron chi connectivity index (χ4n) is 2.94. The fraction of sp³-hybridized carbons (Fsp3) is 0.824. The summed E-state index contributed by atoms with van der Waals surface area (Å²) in [5.41, 5.74) is 3.58. The molecule has 186 valence electrons. The van der Waals surface area contributed by atoms with Crippen LogP contribution in [0, 0.1) is 0 Å². The molecule has 0 aromatic carbocycles. The van der Waals surface area contributed by atoms with E-state index in [9.17, 15) is 43.6 Å². The summed E-state index contributed by atoms with van der Waals surface area (Å²) in [5, 5.41) is 60.7. The van der Waals surface area contributed by atoms with Crippen molar-refractivity contribution in [2.45, 2.75) is 74.4 Å². The van der Waals surface area contributed by atoms with Crippen molar-refractivity contribution in [1.82, 2.24) is 10.6 Å². The SMILES string of the molecule is C[C@H](NC(=O)[C@@H]([NH3+])CCCCNC(=O)C(F)(F)[C@]1(O)O[C@H]([C@H](O)CO)C(O)C1O)C(=O)O. The lowest BCUT2D eigenvalue weighted by molar-refractivity contribution is -0.405. The van der Waals surface area contributed by atoms with Crippen LogP contribution in [0.4, 0.5) is 8.78 Å². The van der Waals surface area contributed by atoms with Crippen LogP contribution in [-0.2, 0) is 19.1 Å². The van der Waals surface area contributed by atoms with Crippen LogP contribution < -0.4 is 16.4 Å². The molecule has 0 aromatic heterocycles. The lowest BCUT2D eigenvalue weighted by Gasteiger charge is -2.33. The largest absolute Gasteiger partial charge is 0.480 e. The van der Waals surface area contributed by atoms with Crippen molar-refractivity contribution in [2.75, 3.05) is 13.2 Å². The number of hydrogen-bond acceptors (Lipinski definition) is 9. The predicted octanol–water partition coefficient (Wildman–Crippen LogP) is -4.73. The quantitative estimate of drug-likeness (QED) is 0.123. The van der Waals surface area contributed by atoms with Crippen molar-refractivity contribution in [3.8, 4) is 0 Å².